The van der Waals surface area contributed by atoms with Gasteiger partial charge in [-0.1, -0.05) is 5.21 Å². The molecule has 1 saturated heterocycles. The van der Waals surface area contributed by atoms with Crippen molar-refractivity contribution in [2.24, 2.45) is 5.41 Å². The van der Waals surface area contributed by atoms with Crippen LogP contribution in [0.15, 0.2) is 12.4 Å². The Morgan fingerprint density at radius 2 is 2.28 bits per heavy atom. The van der Waals surface area contributed by atoms with E-state index in [4.69, 9.17) is 9.47 Å². The van der Waals surface area contributed by atoms with E-state index in [0.717, 1.165) is 17.0 Å². The highest BCUT2D eigenvalue weighted by molar-refractivity contribution is 5.78. The monoisotopic (exact) mass is 347 g/mol. The van der Waals surface area contributed by atoms with Crippen LogP contribution in [0.5, 0.6) is 0 Å². The molecule has 1 atom stereocenters. The van der Waals surface area contributed by atoms with Gasteiger partial charge in [-0.15, -0.1) is 5.10 Å². The molecule has 3 heterocycles. The van der Waals surface area contributed by atoms with Crippen molar-refractivity contribution in [3.05, 3.63) is 29.3 Å². The number of aromatic nitrogens is 5. The molecular weight excluding hydrogens is 322 g/mol. The van der Waals surface area contributed by atoms with E-state index in [1.165, 1.54) is 0 Å². The van der Waals surface area contributed by atoms with Crippen molar-refractivity contribution in [1.29, 1.82) is 0 Å². The molecule has 0 aromatic carbocycles. The van der Waals surface area contributed by atoms with Crippen LogP contribution in [0.2, 0.25) is 0 Å². The fourth-order valence-electron chi connectivity index (χ4n) is 2.90. The Morgan fingerprint density at radius 1 is 1.48 bits per heavy atom. The van der Waals surface area contributed by atoms with Gasteiger partial charge in [-0.2, -0.15) is 5.10 Å². The van der Waals surface area contributed by atoms with Crippen molar-refractivity contribution in [2.75, 3.05) is 13.2 Å². The lowest BCUT2D eigenvalue weighted by Gasteiger charge is -2.29. The van der Waals surface area contributed by atoms with Gasteiger partial charge in [0.05, 0.1) is 36.2 Å². The largest absolute Gasteiger partial charge is 0.459 e. The van der Waals surface area contributed by atoms with Gasteiger partial charge in [-0.05, 0) is 39.7 Å². The van der Waals surface area contributed by atoms with E-state index in [0.29, 0.717) is 32.6 Å². The number of carbonyl (C=O) groups is 1. The molecule has 0 aliphatic carbocycles. The molecule has 3 rings (SSSR count). The minimum Gasteiger partial charge on any atom is -0.459 e. The molecule has 1 aliphatic rings. The van der Waals surface area contributed by atoms with Crippen LogP contribution < -0.4 is 0 Å². The first-order valence-electron chi connectivity index (χ1n) is 8.46. The van der Waals surface area contributed by atoms with Crippen molar-refractivity contribution in [3.8, 4) is 0 Å². The van der Waals surface area contributed by atoms with Crippen molar-refractivity contribution < 1.29 is 14.3 Å². The molecule has 0 saturated carbocycles. The van der Waals surface area contributed by atoms with Crippen LogP contribution >= 0.6 is 0 Å². The lowest BCUT2D eigenvalue weighted by atomic mass is 9.82. The number of esters is 1. The molecule has 8 heteroatoms. The zero-order chi connectivity index (χ0) is 18.1. The minimum absolute atomic E-state index is 0.225. The SMILES string of the molecule is Cc1cn[nH]c1Cn1cc(CC2(C(=O)OC(C)(C)C)CCOC2)nn1. The number of hydrogen-bond donors (Lipinski definition) is 1. The number of carbonyl (C=O) groups excluding carboxylic acids is 1. The quantitative estimate of drug-likeness (QED) is 0.827. The van der Waals surface area contributed by atoms with Gasteiger partial charge in [0.25, 0.3) is 0 Å². The van der Waals surface area contributed by atoms with Gasteiger partial charge in [-0.25, -0.2) is 4.68 Å². The first-order chi connectivity index (χ1) is 11.8. The van der Waals surface area contributed by atoms with E-state index >= 15 is 0 Å². The second kappa shape index (κ2) is 6.59. The lowest BCUT2D eigenvalue weighted by Crippen LogP contribution is -2.40. The summed E-state index contributed by atoms with van der Waals surface area (Å²) in [4.78, 5) is 12.7. The first-order valence-corrected chi connectivity index (χ1v) is 8.46. The number of aryl methyl sites for hydroxylation is 1. The Labute approximate surface area is 146 Å². The smallest absolute Gasteiger partial charge is 0.315 e. The standard InChI is InChI=1S/C17H25N5O3/c1-12-8-18-20-14(12)10-22-9-13(19-21-22)7-17(5-6-24-11-17)15(23)25-16(2,3)4/h8-9H,5-7,10-11H2,1-4H3,(H,18,20). The third-order valence-corrected chi connectivity index (χ3v) is 4.29. The summed E-state index contributed by atoms with van der Waals surface area (Å²) in [5, 5.41) is 15.4. The zero-order valence-electron chi connectivity index (χ0n) is 15.2. The Bertz CT molecular complexity index is 738. The minimum atomic E-state index is -0.682. The summed E-state index contributed by atoms with van der Waals surface area (Å²) in [5.41, 5.74) is 1.61. The molecule has 1 unspecified atom stereocenters. The maximum absolute atomic E-state index is 12.7. The maximum atomic E-state index is 12.7. The molecule has 0 radical (unpaired) electrons. The first kappa shape index (κ1) is 17.6. The highest BCUT2D eigenvalue weighted by Crippen LogP contribution is 2.35. The third-order valence-electron chi connectivity index (χ3n) is 4.29. The van der Waals surface area contributed by atoms with E-state index in [-0.39, 0.29) is 5.97 Å². The number of nitrogens with one attached hydrogen (secondary N) is 1. The molecule has 0 spiro atoms. The van der Waals surface area contributed by atoms with Gasteiger partial charge in [0.1, 0.15) is 5.60 Å². The Hall–Kier alpha value is -2.22. The molecular formula is C17H25N5O3. The summed E-state index contributed by atoms with van der Waals surface area (Å²) in [6.07, 6.45) is 4.74. The highest BCUT2D eigenvalue weighted by Gasteiger charge is 2.45. The average Bonchev–Trinajstić information content (AvgIpc) is 3.22. The van der Waals surface area contributed by atoms with Gasteiger partial charge in [0, 0.05) is 19.2 Å². The van der Waals surface area contributed by atoms with Crippen LogP contribution in [0.1, 0.15) is 44.1 Å². The molecule has 1 fully saturated rings. The fraction of sp³-hybridized carbons (Fsp3) is 0.647. The van der Waals surface area contributed by atoms with Crippen LogP contribution in [0.4, 0.5) is 0 Å². The number of aromatic amines is 1. The van der Waals surface area contributed by atoms with Gasteiger partial charge in [0.2, 0.25) is 0 Å². The molecule has 1 N–H and O–H groups in total. The van der Waals surface area contributed by atoms with Crippen molar-refractivity contribution in [3.63, 3.8) is 0 Å². The van der Waals surface area contributed by atoms with Crippen molar-refractivity contribution in [2.45, 2.75) is 52.7 Å². The van der Waals surface area contributed by atoms with E-state index < -0.39 is 11.0 Å². The second-order valence-corrected chi connectivity index (χ2v) is 7.70. The lowest BCUT2D eigenvalue weighted by molar-refractivity contribution is -0.167. The van der Waals surface area contributed by atoms with Crippen LogP contribution in [0.25, 0.3) is 0 Å². The molecule has 8 nitrogen and oxygen atoms in total. The van der Waals surface area contributed by atoms with Gasteiger partial charge in [0.15, 0.2) is 0 Å². The van der Waals surface area contributed by atoms with Crippen LogP contribution in [-0.2, 0) is 27.2 Å². The topological polar surface area (TPSA) is 94.9 Å². The van der Waals surface area contributed by atoms with Crippen molar-refractivity contribution >= 4 is 5.97 Å². The summed E-state index contributed by atoms with van der Waals surface area (Å²) in [5.74, 6) is -0.225. The molecule has 136 valence electrons. The van der Waals surface area contributed by atoms with E-state index in [2.05, 4.69) is 20.5 Å². The molecule has 25 heavy (non-hydrogen) atoms. The summed E-state index contributed by atoms with van der Waals surface area (Å²) >= 11 is 0. The number of H-pyrrole nitrogens is 1. The molecule has 0 bridgehead atoms. The predicted octanol–water partition coefficient (Wildman–Crippen LogP) is 1.65. The summed E-state index contributed by atoms with van der Waals surface area (Å²) in [7, 11) is 0. The summed E-state index contributed by atoms with van der Waals surface area (Å²) < 4.78 is 12.9. The van der Waals surface area contributed by atoms with Crippen LogP contribution in [-0.4, -0.2) is 50.0 Å². The van der Waals surface area contributed by atoms with Gasteiger partial charge in [-0.3, -0.25) is 9.89 Å². The maximum Gasteiger partial charge on any atom is 0.315 e. The second-order valence-electron chi connectivity index (χ2n) is 7.70. The summed E-state index contributed by atoms with van der Waals surface area (Å²) in [6, 6.07) is 0. The van der Waals surface area contributed by atoms with Crippen LogP contribution in [0.3, 0.4) is 0 Å². The number of rotatable bonds is 5. The van der Waals surface area contributed by atoms with E-state index in [1.54, 1.807) is 10.9 Å². The zero-order valence-corrected chi connectivity index (χ0v) is 15.2. The van der Waals surface area contributed by atoms with E-state index in [9.17, 15) is 4.79 Å². The number of nitrogens with zero attached hydrogens (tertiary/aromatic N) is 4. The molecule has 2 aromatic heterocycles. The van der Waals surface area contributed by atoms with Gasteiger partial charge < -0.3 is 9.47 Å². The number of hydrogen-bond acceptors (Lipinski definition) is 6. The fourth-order valence-corrected chi connectivity index (χ4v) is 2.90. The third kappa shape index (κ3) is 4.07. The molecule has 0 amide bonds. The normalized spacial score (nSPS) is 20.8. The predicted molar refractivity (Wildman–Crippen MR) is 89.9 cm³/mol. The van der Waals surface area contributed by atoms with E-state index in [1.807, 2.05) is 33.9 Å². The van der Waals surface area contributed by atoms with Gasteiger partial charge >= 0.3 is 5.97 Å². The Kier molecular flexibility index (Phi) is 4.64. The Balaban J connectivity index is 1.73. The summed E-state index contributed by atoms with van der Waals surface area (Å²) in [6.45, 7) is 9.08. The molecule has 2 aromatic rings. The molecule has 1 aliphatic heterocycles. The van der Waals surface area contributed by atoms with Crippen LogP contribution in [0, 0.1) is 12.3 Å². The highest BCUT2D eigenvalue weighted by atomic mass is 16.6. The number of ether oxygens (including phenoxy) is 2. The average molecular weight is 347 g/mol. The van der Waals surface area contributed by atoms with Crippen molar-refractivity contribution in [1.82, 2.24) is 25.2 Å². The Morgan fingerprint density at radius 3 is 2.88 bits per heavy atom.